The molecular weight excluding hydrogens is 787 g/mol. The van der Waals surface area contributed by atoms with E-state index in [9.17, 15) is 0 Å². The monoisotopic (exact) mass is 817 g/mol. The Labute approximate surface area is 369 Å². The lowest BCUT2D eigenvalue weighted by Crippen LogP contribution is -2.33. The highest BCUT2D eigenvalue weighted by atomic mass is 14.7. The van der Waals surface area contributed by atoms with Gasteiger partial charge in [-0.15, -0.1) is 0 Å². The van der Waals surface area contributed by atoms with Crippen molar-refractivity contribution in [3.63, 3.8) is 0 Å². The predicted molar refractivity (Wildman–Crippen MR) is 262 cm³/mol. The van der Waals surface area contributed by atoms with E-state index in [1.807, 2.05) is 42.4 Å². The Kier molecular flexibility index (Phi) is 4.33. The molecule has 0 saturated heterocycles. The largest absolute Gasteiger partial charge is 0.256 e. The fourth-order valence-corrected chi connectivity index (χ4v) is 18.0. The van der Waals surface area contributed by atoms with Crippen molar-refractivity contribution in [2.75, 3.05) is 0 Å². The van der Waals surface area contributed by atoms with Gasteiger partial charge in [-0.05, 0) is 214 Å². The average molecular weight is 818 g/mol. The SMILES string of the molecule is C1=CC2C3C4=c5c6c7c8c9c(c%10ccc%11c%12ccc%13c1c3c1c5c3c6c9c%10c%11c3c%12c%131)C1C(C=8C3C=CC2C4C73)C1c1cc(-c2ccccn2)c(-c2ccccn2)c(-c2ccccn2)c1. The van der Waals surface area contributed by atoms with E-state index in [0.29, 0.717) is 53.3 Å². The number of fused-ring (bicyclic) bond motifs is 8. The number of hydrogen-bond acceptors (Lipinski definition) is 3. The highest BCUT2D eigenvalue weighted by Crippen LogP contribution is 2.77. The summed E-state index contributed by atoms with van der Waals surface area (Å²) in [6, 6.07) is 34.1. The van der Waals surface area contributed by atoms with Crippen LogP contribution < -0.4 is 10.4 Å². The molecule has 3 heterocycles. The number of nitrogens with zero attached hydrogens (tertiary/aromatic N) is 3. The Morgan fingerprint density at radius 2 is 1.02 bits per heavy atom. The summed E-state index contributed by atoms with van der Waals surface area (Å²) >= 11 is 0. The first-order valence-electron chi connectivity index (χ1n) is 24.0. The smallest absolute Gasteiger partial charge is 0.0715 e. The van der Waals surface area contributed by atoms with E-state index in [0.717, 1.165) is 33.8 Å². The Morgan fingerprint density at radius 3 is 1.75 bits per heavy atom. The summed E-state index contributed by atoms with van der Waals surface area (Å²) in [6.45, 7) is 0. The molecule has 8 aliphatic carbocycles. The zero-order chi connectivity index (χ0) is 40.8. The van der Waals surface area contributed by atoms with Crippen molar-refractivity contribution < 1.29 is 0 Å². The van der Waals surface area contributed by atoms with Gasteiger partial charge in [-0.2, -0.15) is 0 Å². The highest BCUT2D eigenvalue weighted by Gasteiger charge is 2.65. The number of rotatable bonds is 4. The molecule has 0 aliphatic heterocycles. The van der Waals surface area contributed by atoms with Crippen molar-refractivity contribution >= 4 is 103 Å². The van der Waals surface area contributed by atoms with Crippen molar-refractivity contribution in [1.29, 1.82) is 0 Å². The number of pyridine rings is 3. The maximum absolute atomic E-state index is 5.05. The topological polar surface area (TPSA) is 38.7 Å². The van der Waals surface area contributed by atoms with Gasteiger partial charge in [0, 0.05) is 53.0 Å². The van der Waals surface area contributed by atoms with Crippen molar-refractivity contribution in [3.8, 4) is 33.8 Å². The molecule has 3 aromatic heterocycles. The van der Waals surface area contributed by atoms with Gasteiger partial charge >= 0.3 is 0 Å². The zero-order valence-corrected chi connectivity index (χ0v) is 34.7. The van der Waals surface area contributed by atoms with Crippen LogP contribution in [0.3, 0.4) is 0 Å². The van der Waals surface area contributed by atoms with Crippen LogP contribution in [0.25, 0.3) is 137 Å². The summed E-state index contributed by atoms with van der Waals surface area (Å²) < 4.78 is 0. The third kappa shape index (κ3) is 2.76. The summed E-state index contributed by atoms with van der Waals surface area (Å²) in [6.07, 6.45) is 16.6. The van der Waals surface area contributed by atoms with Crippen molar-refractivity contribution in [3.05, 3.63) is 166 Å². The molecule has 13 aromatic rings. The lowest BCUT2D eigenvalue weighted by molar-refractivity contribution is 0.344. The van der Waals surface area contributed by atoms with Crippen LogP contribution in [0.2, 0.25) is 0 Å². The summed E-state index contributed by atoms with van der Waals surface area (Å²) in [7, 11) is 0. The minimum atomic E-state index is 0.336. The van der Waals surface area contributed by atoms with E-state index in [1.54, 1.807) is 97.3 Å². The predicted octanol–water partition coefficient (Wildman–Crippen LogP) is 12.8. The molecule has 0 spiro atoms. The van der Waals surface area contributed by atoms with Gasteiger partial charge in [0.05, 0.1) is 17.1 Å². The molecule has 9 unspecified atom stereocenters. The molecule has 0 N–H and O–H groups in total. The van der Waals surface area contributed by atoms with E-state index in [4.69, 9.17) is 15.0 Å². The first-order valence-corrected chi connectivity index (χ1v) is 24.0. The van der Waals surface area contributed by atoms with Gasteiger partial charge in [-0.25, -0.2) is 0 Å². The van der Waals surface area contributed by atoms with Gasteiger partial charge in [-0.3, -0.25) is 15.0 Å². The quantitative estimate of drug-likeness (QED) is 0.131. The van der Waals surface area contributed by atoms with Crippen LogP contribution in [0, 0.1) is 29.6 Å². The second-order valence-electron chi connectivity index (χ2n) is 21.3. The van der Waals surface area contributed by atoms with Gasteiger partial charge in [0.1, 0.15) is 0 Å². The van der Waals surface area contributed by atoms with Crippen molar-refractivity contribution in [2.45, 2.75) is 23.7 Å². The second kappa shape index (κ2) is 9.21. The fourth-order valence-electron chi connectivity index (χ4n) is 18.0. The van der Waals surface area contributed by atoms with Crippen LogP contribution in [0.5, 0.6) is 0 Å². The van der Waals surface area contributed by atoms with E-state index >= 15 is 0 Å². The lowest BCUT2D eigenvalue weighted by Gasteiger charge is -2.38. The standard InChI is InChI=1S/C62H31N3/c1-4-18-63-34(7-1)32-21-23(22-33(35-8-2-5-19-64-35)38(32)36-9-3-6-20-65-36)37-49-47-30-16-14-28-26-12-10-24-25-11-13-27-29-15-17-31-46-44(29)53-42(27)40(25)51-39(24)41(26)52-43(28)45(30)54-56(47)57(48(31)50(37)49)55(46)62-60(53)58(51)59(52)61(54)62/h1-22,26,28,30,37,41,43,45,49-50H. The first kappa shape index (κ1) is 30.6. The molecular formula is C62H31N3. The molecule has 294 valence electrons. The normalized spacial score (nSPS) is 27.7. The molecule has 8 aliphatic rings. The van der Waals surface area contributed by atoms with Gasteiger partial charge in [-0.1, -0.05) is 72.3 Å². The van der Waals surface area contributed by atoms with Crippen molar-refractivity contribution in [2.24, 2.45) is 29.6 Å². The molecule has 10 aromatic carbocycles. The Hall–Kier alpha value is -7.49. The van der Waals surface area contributed by atoms with Crippen LogP contribution in [0.4, 0.5) is 0 Å². The number of hydrogen-bond donors (Lipinski definition) is 0. The lowest BCUT2D eigenvalue weighted by atomic mass is 9.64. The van der Waals surface area contributed by atoms with Gasteiger partial charge < -0.3 is 0 Å². The van der Waals surface area contributed by atoms with E-state index < -0.39 is 0 Å². The Bertz CT molecular complexity index is 4620. The molecule has 2 saturated carbocycles. The molecule has 9 atom stereocenters. The van der Waals surface area contributed by atoms with Crippen LogP contribution in [0.15, 0.2) is 128 Å². The highest BCUT2D eigenvalue weighted by molar-refractivity contribution is 6.57. The zero-order valence-electron chi connectivity index (χ0n) is 34.7. The number of aromatic nitrogens is 3. The summed E-state index contributed by atoms with van der Waals surface area (Å²) in [4.78, 5) is 15.1. The summed E-state index contributed by atoms with van der Waals surface area (Å²) in [5.41, 5.74) is 17.9. The molecule has 0 radical (unpaired) electrons. The second-order valence-corrected chi connectivity index (χ2v) is 21.3. The molecule has 3 heteroatoms. The van der Waals surface area contributed by atoms with E-state index in [1.165, 1.54) is 32.7 Å². The third-order valence-electron chi connectivity index (χ3n) is 19.5. The van der Waals surface area contributed by atoms with Gasteiger partial charge in [0.25, 0.3) is 0 Å². The van der Waals surface area contributed by atoms with Gasteiger partial charge in [0.2, 0.25) is 0 Å². The van der Waals surface area contributed by atoms with Crippen LogP contribution in [-0.2, 0) is 0 Å². The van der Waals surface area contributed by atoms with E-state index in [-0.39, 0.29) is 0 Å². The summed E-state index contributed by atoms with van der Waals surface area (Å²) in [5.74, 6) is 4.23. The maximum atomic E-state index is 5.05. The van der Waals surface area contributed by atoms with Crippen LogP contribution in [0.1, 0.15) is 51.5 Å². The Balaban J connectivity index is 0.956. The minimum absolute atomic E-state index is 0.336. The van der Waals surface area contributed by atoms with Gasteiger partial charge in [0.15, 0.2) is 0 Å². The number of benzene rings is 6. The maximum Gasteiger partial charge on any atom is 0.0715 e. The van der Waals surface area contributed by atoms with Crippen molar-refractivity contribution in [1.82, 2.24) is 15.0 Å². The average Bonchev–Trinajstić information content (AvgIpc) is 3.88. The third-order valence-corrected chi connectivity index (χ3v) is 19.5. The fraction of sp³-hybridized carbons (Fsp3) is 0.145. The molecule has 2 fully saturated rings. The van der Waals surface area contributed by atoms with Crippen LogP contribution in [-0.4, -0.2) is 15.0 Å². The van der Waals surface area contributed by atoms with Crippen LogP contribution >= 0.6 is 0 Å². The minimum Gasteiger partial charge on any atom is -0.256 e. The molecule has 0 bridgehead atoms. The first-order chi connectivity index (χ1) is 32.3. The Morgan fingerprint density at radius 1 is 0.385 bits per heavy atom. The molecule has 21 rings (SSSR count). The van der Waals surface area contributed by atoms with E-state index in [2.05, 4.69) is 97.1 Å². The number of allylic oxidation sites excluding steroid dienone is 3. The molecule has 0 amide bonds. The molecule has 65 heavy (non-hydrogen) atoms. The summed E-state index contributed by atoms with van der Waals surface area (Å²) in [5, 5.41) is 28.7. The molecule has 3 nitrogen and oxygen atoms in total.